The number of halogens is 3. The van der Waals surface area contributed by atoms with E-state index in [-0.39, 0.29) is 70.1 Å². The summed E-state index contributed by atoms with van der Waals surface area (Å²) in [6.07, 6.45) is 7.71. The first-order valence-corrected chi connectivity index (χ1v) is 18.7. The fourth-order valence-electron chi connectivity index (χ4n) is 9.00. The molecule has 1 N–H and O–H groups in total. The van der Waals surface area contributed by atoms with Gasteiger partial charge in [-0.2, -0.15) is 9.97 Å². The summed E-state index contributed by atoms with van der Waals surface area (Å²) in [6, 6.07) is 4.58. The summed E-state index contributed by atoms with van der Waals surface area (Å²) in [5.41, 5.74) is -0.924. The fraction of sp³-hybridized carbons (Fsp3) is 0.475. The summed E-state index contributed by atoms with van der Waals surface area (Å²) in [5, 5.41) is 11.5. The highest BCUT2D eigenvalue weighted by atomic mass is 19.1. The molecule has 4 aliphatic heterocycles. The number of hydrogen-bond donors (Lipinski definition) is 1. The second-order valence-corrected chi connectivity index (χ2v) is 15.4. The van der Waals surface area contributed by atoms with Gasteiger partial charge in [0, 0.05) is 50.1 Å². The van der Waals surface area contributed by atoms with Gasteiger partial charge >= 0.3 is 18.1 Å². The molecule has 4 fully saturated rings. The number of benzene rings is 2. The number of alkyl halides is 1. The van der Waals surface area contributed by atoms with Crippen LogP contribution in [0.25, 0.3) is 32.9 Å². The van der Waals surface area contributed by atoms with Crippen molar-refractivity contribution < 1.29 is 42.1 Å². The van der Waals surface area contributed by atoms with Crippen molar-refractivity contribution in [3.05, 3.63) is 47.7 Å². The van der Waals surface area contributed by atoms with E-state index in [0.29, 0.717) is 50.1 Å². The molecular formula is C40H42F3N7O6. The van der Waals surface area contributed by atoms with E-state index in [1.807, 2.05) is 4.90 Å². The van der Waals surface area contributed by atoms with Gasteiger partial charge < -0.3 is 24.2 Å². The molecule has 4 aliphatic rings. The van der Waals surface area contributed by atoms with Crippen LogP contribution in [-0.2, 0) is 14.3 Å². The second kappa shape index (κ2) is 14.6. The quantitative estimate of drug-likeness (QED) is 0.139. The number of esters is 1. The molecule has 8 rings (SSSR count). The zero-order valence-electron chi connectivity index (χ0n) is 31.3. The van der Waals surface area contributed by atoms with Gasteiger partial charge in [0.1, 0.15) is 41.4 Å². The van der Waals surface area contributed by atoms with Crippen molar-refractivity contribution in [3.8, 4) is 35.4 Å². The van der Waals surface area contributed by atoms with Crippen molar-refractivity contribution in [2.45, 2.75) is 69.1 Å². The molecule has 2 aromatic carbocycles. The van der Waals surface area contributed by atoms with Crippen LogP contribution in [0.5, 0.6) is 11.8 Å². The second-order valence-electron chi connectivity index (χ2n) is 15.4. The summed E-state index contributed by atoms with van der Waals surface area (Å²) < 4.78 is 63.7. The van der Waals surface area contributed by atoms with E-state index in [9.17, 15) is 23.5 Å². The predicted molar refractivity (Wildman–Crippen MR) is 200 cm³/mol. The average molecular weight is 774 g/mol. The van der Waals surface area contributed by atoms with E-state index >= 15 is 4.39 Å². The molecule has 294 valence electrons. The molecule has 1 amide bonds. The molecule has 0 radical (unpaired) electrons. The van der Waals surface area contributed by atoms with Crippen molar-refractivity contribution in [3.63, 3.8) is 0 Å². The Bertz CT molecular complexity index is 2260. The third-order valence-corrected chi connectivity index (χ3v) is 11.3. The van der Waals surface area contributed by atoms with E-state index in [0.717, 1.165) is 19.4 Å². The molecule has 2 bridgehead atoms. The largest absolute Gasteiger partial charge is 0.508 e. The molecular weight excluding hydrogens is 731 g/mol. The first kappa shape index (κ1) is 37.5. The van der Waals surface area contributed by atoms with E-state index in [4.69, 9.17) is 25.6 Å². The Morgan fingerprint density at radius 2 is 1.89 bits per heavy atom. The number of nitrogens with zero attached hydrogens (tertiary/aromatic N) is 7. The highest BCUT2D eigenvalue weighted by molar-refractivity contribution is 6.03. The monoisotopic (exact) mass is 773 g/mol. The van der Waals surface area contributed by atoms with Gasteiger partial charge in [0.25, 0.3) is 0 Å². The number of aromatic nitrogens is 3. The molecule has 3 unspecified atom stereocenters. The van der Waals surface area contributed by atoms with Gasteiger partial charge in [0.05, 0.1) is 35.1 Å². The predicted octanol–water partition coefficient (Wildman–Crippen LogP) is 5.01. The van der Waals surface area contributed by atoms with Crippen LogP contribution in [0.4, 0.5) is 23.8 Å². The van der Waals surface area contributed by atoms with Crippen molar-refractivity contribution in [1.29, 1.82) is 0 Å². The molecule has 4 saturated heterocycles. The van der Waals surface area contributed by atoms with Crippen LogP contribution < -0.4 is 9.64 Å². The highest BCUT2D eigenvalue weighted by Crippen LogP contribution is 2.42. The molecule has 2 aromatic heterocycles. The smallest absolute Gasteiger partial charge is 0.413 e. The lowest BCUT2D eigenvalue weighted by Gasteiger charge is -2.41. The topological polar surface area (TPSA) is 134 Å². The van der Waals surface area contributed by atoms with Gasteiger partial charge in [-0.25, -0.2) is 18.0 Å². The number of carbonyl (C=O) groups excluding carboxylic acids is 2. The van der Waals surface area contributed by atoms with Crippen LogP contribution in [-0.4, -0.2) is 130 Å². The van der Waals surface area contributed by atoms with Crippen LogP contribution in [0.15, 0.2) is 30.5 Å². The zero-order valence-corrected chi connectivity index (χ0v) is 31.3. The third kappa shape index (κ3) is 6.76. The van der Waals surface area contributed by atoms with Crippen LogP contribution >= 0.6 is 0 Å². The summed E-state index contributed by atoms with van der Waals surface area (Å²) in [6.45, 7) is 3.30. The summed E-state index contributed by atoms with van der Waals surface area (Å²) in [5.74, 6) is 0.386. The van der Waals surface area contributed by atoms with Crippen LogP contribution in [0, 0.1) is 24.0 Å². The Morgan fingerprint density at radius 1 is 1.12 bits per heavy atom. The average Bonchev–Trinajstić information content (AvgIpc) is 3.76. The first-order valence-electron chi connectivity index (χ1n) is 18.7. The number of piperazine rings is 1. The minimum atomic E-state index is -1.10. The molecule has 56 heavy (non-hydrogen) atoms. The normalized spacial score (nSPS) is 23.8. The van der Waals surface area contributed by atoms with Crippen molar-refractivity contribution >= 4 is 39.6 Å². The van der Waals surface area contributed by atoms with Crippen molar-refractivity contribution in [1.82, 2.24) is 29.7 Å². The SMILES string of the molecule is C#Cc1c(F)ccc2cc(O)cc(-c3ncc4c(N5CC6CCC(C5)N6C(=O)OC(C)OC(=O)CN(C)C)nc(OC[C@@]56CCCN5C[C@H](F)C6)nc4c3F)c12. The Morgan fingerprint density at radius 3 is 2.62 bits per heavy atom. The molecule has 0 aliphatic carbocycles. The van der Waals surface area contributed by atoms with Crippen LogP contribution in [0.1, 0.15) is 44.6 Å². The Balaban J connectivity index is 1.15. The molecule has 5 atom stereocenters. The minimum absolute atomic E-state index is 0.0336. The molecule has 0 spiro atoms. The minimum Gasteiger partial charge on any atom is -0.508 e. The molecule has 16 heteroatoms. The lowest BCUT2D eigenvalue weighted by Crippen LogP contribution is -2.56. The number of pyridine rings is 1. The zero-order chi connectivity index (χ0) is 39.5. The maximum absolute atomic E-state index is 17.1. The maximum Gasteiger partial charge on any atom is 0.413 e. The molecule has 0 saturated carbocycles. The standard InChI is InChI=1S/C40H42F3N7O6/c1-5-28-31(42)10-7-23-13-27(51)14-29(33(23)28)35-34(43)36-30(16-44-35)37(46-38(45-36)54-21-40-11-6-12-49(40)17-24(41)15-40)48-18-25-8-9-26(19-48)50(25)39(53)56-22(2)55-32(52)20-47(3)4/h1,7,10,13-14,16,22,24-26,51H,6,8-9,11-12,15,17-21H2,2-4H3/t22?,24-,25?,26?,40+/m1/s1. The number of hydrogen-bond acceptors (Lipinski definition) is 12. The van der Waals surface area contributed by atoms with Gasteiger partial charge in [0.2, 0.25) is 6.29 Å². The maximum atomic E-state index is 17.1. The molecule has 13 nitrogen and oxygen atoms in total. The number of terminal acetylenes is 1. The van der Waals surface area contributed by atoms with Gasteiger partial charge in [-0.05, 0) is 69.9 Å². The van der Waals surface area contributed by atoms with E-state index in [2.05, 4.69) is 20.8 Å². The summed E-state index contributed by atoms with van der Waals surface area (Å²) >= 11 is 0. The number of likely N-dealkylation sites (N-methyl/N-ethyl adjacent to an activating group) is 1. The number of fused-ring (bicyclic) bond motifs is 5. The first-order chi connectivity index (χ1) is 26.8. The Kier molecular flexibility index (Phi) is 9.78. The highest BCUT2D eigenvalue weighted by Gasteiger charge is 2.50. The van der Waals surface area contributed by atoms with E-state index in [1.165, 1.54) is 37.4 Å². The van der Waals surface area contributed by atoms with Gasteiger partial charge in [0.15, 0.2) is 5.82 Å². The number of aromatic hydroxyl groups is 1. The number of phenols is 1. The van der Waals surface area contributed by atoms with Crippen molar-refractivity contribution in [2.24, 2.45) is 0 Å². The molecule has 6 heterocycles. The number of rotatable bonds is 9. The number of ether oxygens (including phenoxy) is 3. The number of phenolic OH excluding ortho intramolecular Hbond substituents is 1. The lowest BCUT2D eigenvalue weighted by atomic mass is 9.95. The summed E-state index contributed by atoms with van der Waals surface area (Å²) in [4.78, 5) is 46.7. The van der Waals surface area contributed by atoms with E-state index in [1.54, 1.807) is 23.9 Å². The summed E-state index contributed by atoms with van der Waals surface area (Å²) in [7, 11) is 3.45. The van der Waals surface area contributed by atoms with Gasteiger partial charge in [-0.15, -0.1) is 6.42 Å². The van der Waals surface area contributed by atoms with E-state index < -0.39 is 41.7 Å². The van der Waals surface area contributed by atoms with Gasteiger partial charge in [-0.1, -0.05) is 12.0 Å². The lowest BCUT2D eigenvalue weighted by molar-refractivity contribution is -0.167. The van der Waals surface area contributed by atoms with Crippen LogP contribution in [0.3, 0.4) is 0 Å². The van der Waals surface area contributed by atoms with Crippen LogP contribution in [0.2, 0.25) is 0 Å². The number of amides is 1. The molecule has 4 aromatic rings. The fourth-order valence-corrected chi connectivity index (χ4v) is 9.00. The number of carbonyl (C=O) groups is 2. The van der Waals surface area contributed by atoms with Gasteiger partial charge in [-0.3, -0.25) is 24.5 Å². The Hall–Kier alpha value is -5.40. The number of anilines is 1. The third-order valence-electron chi connectivity index (χ3n) is 11.3. The van der Waals surface area contributed by atoms with Crippen molar-refractivity contribution in [2.75, 3.05) is 58.3 Å². The Labute approximate surface area is 321 Å².